The van der Waals surface area contributed by atoms with Crippen LogP contribution in [0.5, 0.6) is 0 Å². The highest BCUT2D eigenvalue weighted by Crippen LogP contribution is 2.10. The van der Waals surface area contributed by atoms with Crippen LogP contribution in [-0.2, 0) is 19.6 Å². The van der Waals surface area contributed by atoms with Crippen molar-refractivity contribution in [2.24, 2.45) is 0 Å². The minimum atomic E-state index is -3.92. The Balaban J connectivity index is 0. The van der Waals surface area contributed by atoms with Crippen LogP contribution in [0.4, 0.5) is 0 Å². The number of esters is 1. The first-order valence-electron chi connectivity index (χ1n) is 10.0. The van der Waals surface area contributed by atoms with Gasteiger partial charge in [-0.1, -0.05) is 64.7 Å². The molecule has 0 saturated heterocycles. The van der Waals surface area contributed by atoms with Crippen molar-refractivity contribution in [2.75, 3.05) is 33.1 Å². The fourth-order valence-corrected chi connectivity index (χ4v) is 2.44. The van der Waals surface area contributed by atoms with Crippen molar-refractivity contribution in [3.05, 3.63) is 0 Å². The minimum absolute atomic E-state index is 0.106. The first-order valence-corrected chi connectivity index (χ1v) is 11.7. The third kappa shape index (κ3) is 23.3. The third-order valence-electron chi connectivity index (χ3n) is 4.21. The molecule has 7 nitrogen and oxygen atoms in total. The molecule has 1 unspecified atom stereocenters. The molecule has 2 N–H and O–H groups in total. The normalized spacial score (nSPS) is 12.4. The molecule has 0 spiro atoms. The SMILES string of the molecule is CCCCCCCCCCCCOC(=O)C(C)N(C)C.O=S(=O)(O)CCO. The van der Waals surface area contributed by atoms with Gasteiger partial charge in [-0.05, 0) is 27.4 Å². The molecule has 0 aliphatic heterocycles. The van der Waals surface area contributed by atoms with Gasteiger partial charge < -0.3 is 9.84 Å². The van der Waals surface area contributed by atoms with Crippen LogP contribution in [0.25, 0.3) is 0 Å². The molecule has 164 valence electrons. The molecule has 0 aromatic carbocycles. The summed E-state index contributed by atoms with van der Waals surface area (Å²) in [6.45, 7) is 4.18. The Hall–Kier alpha value is -0.700. The molecule has 0 rings (SSSR count). The fourth-order valence-electron chi connectivity index (χ4n) is 2.21. The standard InChI is InChI=1S/C17H35NO2.C2H6O4S/c1-5-6-7-8-9-10-11-12-13-14-15-20-17(19)16(2)18(3)4;3-1-2-7(4,5)6/h16H,5-15H2,1-4H3;3H,1-2H2,(H,4,5,6). The van der Waals surface area contributed by atoms with Gasteiger partial charge in [0.15, 0.2) is 0 Å². The number of unbranched alkanes of at least 4 members (excludes halogenated alkanes) is 9. The number of aliphatic hydroxyl groups excluding tert-OH is 1. The van der Waals surface area contributed by atoms with Gasteiger partial charge in [-0.25, -0.2) is 0 Å². The van der Waals surface area contributed by atoms with E-state index in [-0.39, 0.29) is 12.0 Å². The second-order valence-electron chi connectivity index (χ2n) is 7.00. The number of carbonyl (C=O) groups excluding carboxylic acids is 1. The van der Waals surface area contributed by atoms with Crippen LogP contribution >= 0.6 is 0 Å². The summed E-state index contributed by atoms with van der Waals surface area (Å²) in [5.74, 6) is -0.682. The van der Waals surface area contributed by atoms with E-state index in [0.29, 0.717) is 6.61 Å². The van der Waals surface area contributed by atoms with Crippen LogP contribution in [0, 0.1) is 0 Å². The molecule has 0 radical (unpaired) electrons. The van der Waals surface area contributed by atoms with E-state index in [9.17, 15) is 13.2 Å². The first kappa shape index (κ1) is 28.5. The molecule has 27 heavy (non-hydrogen) atoms. The Bertz CT molecular complexity index is 439. The van der Waals surface area contributed by atoms with Gasteiger partial charge in [0.2, 0.25) is 0 Å². The highest BCUT2D eigenvalue weighted by Gasteiger charge is 2.15. The summed E-state index contributed by atoms with van der Waals surface area (Å²) in [6, 6.07) is -0.141. The summed E-state index contributed by atoms with van der Waals surface area (Å²) in [5, 5.41) is 7.86. The fraction of sp³-hybridized carbons (Fsp3) is 0.947. The largest absolute Gasteiger partial charge is 0.465 e. The Labute approximate surface area is 166 Å². The number of rotatable bonds is 15. The second-order valence-corrected chi connectivity index (χ2v) is 8.57. The Morgan fingerprint density at radius 1 is 0.963 bits per heavy atom. The van der Waals surface area contributed by atoms with E-state index >= 15 is 0 Å². The predicted molar refractivity (Wildman–Crippen MR) is 109 cm³/mol. The molecule has 0 saturated carbocycles. The summed E-state index contributed by atoms with van der Waals surface area (Å²) in [6.07, 6.45) is 13.0. The lowest BCUT2D eigenvalue weighted by molar-refractivity contribution is -0.148. The number of carbonyl (C=O) groups is 1. The molecule has 0 fully saturated rings. The minimum Gasteiger partial charge on any atom is -0.465 e. The van der Waals surface area contributed by atoms with E-state index < -0.39 is 22.5 Å². The average Bonchev–Trinajstić information content (AvgIpc) is 2.58. The van der Waals surface area contributed by atoms with Crippen LogP contribution in [0.2, 0.25) is 0 Å². The molecule has 0 amide bonds. The van der Waals surface area contributed by atoms with Crippen molar-refractivity contribution >= 4 is 16.1 Å². The zero-order valence-corrected chi connectivity index (χ0v) is 18.5. The highest BCUT2D eigenvalue weighted by atomic mass is 32.2. The number of aliphatic hydroxyl groups is 1. The van der Waals surface area contributed by atoms with Crippen molar-refractivity contribution in [1.82, 2.24) is 4.90 Å². The van der Waals surface area contributed by atoms with Gasteiger partial charge in [0.1, 0.15) is 6.04 Å². The van der Waals surface area contributed by atoms with E-state index in [1.807, 2.05) is 25.9 Å². The molecule has 1 atom stereocenters. The number of ether oxygens (including phenoxy) is 1. The van der Waals surface area contributed by atoms with E-state index in [1.165, 1.54) is 57.8 Å². The van der Waals surface area contributed by atoms with Gasteiger partial charge >= 0.3 is 5.97 Å². The highest BCUT2D eigenvalue weighted by molar-refractivity contribution is 7.85. The number of nitrogens with zero attached hydrogens (tertiary/aromatic N) is 1. The molecule has 0 bridgehead atoms. The molecular formula is C19H41NO6S. The Morgan fingerprint density at radius 2 is 1.41 bits per heavy atom. The molecule has 8 heteroatoms. The lowest BCUT2D eigenvalue weighted by atomic mass is 10.1. The third-order valence-corrected chi connectivity index (χ3v) is 4.91. The second kappa shape index (κ2) is 18.7. The topological polar surface area (TPSA) is 104 Å². The van der Waals surface area contributed by atoms with Crippen LogP contribution in [0.3, 0.4) is 0 Å². The summed E-state index contributed by atoms with van der Waals surface area (Å²) in [5.41, 5.74) is 0. The zero-order chi connectivity index (χ0) is 21.1. The Morgan fingerprint density at radius 3 is 1.74 bits per heavy atom. The number of hydrogen-bond donors (Lipinski definition) is 2. The Kier molecular flexibility index (Phi) is 19.7. The summed E-state index contributed by atoms with van der Waals surface area (Å²) in [7, 11) is -0.134. The number of likely N-dealkylation sites (N-methyl/N-ethyl adjacent to an activating group) is 1. The predicted octanol–water partition coefficient (Wildman–Crippen LogP) is 3.27. The van der Waals surface area contributed by atoms with Crippen molar-refractivity contribution in [1.29, 1.82) is 0 Å². The van der Waals surface area contributed by atoms with Gasteiger partial charge in [0.05, 0.1) is 19.0 Å². The van der Waals surface area contributed by atoms with E-state index in [2.05, 4.69) is 6.92 Å². The summed E-state index contributed by atoms with van der Waals surface area (Å²) < 4.78 is 32.3. The first-order chi connectivity index (χ1) is 12.7. The molecule has 0 aliphatic rings. The van der Waals surface area contributed by atoms with Crippen LogP contribution in [-0.4, -0.2) is 68.1 Å². The van der Waals surface area contributed by atoms with E-state index in [0.717, 1.165) is 6.42 Å². The van der Waals surface area contributed by atoms with Crippen molar-refractivity contribution in [2.45, 2.75) is 84.1 Å². The molecular weight excluding hydrogens is 370 g/mol. The summed E-state index contributed by atoms with van der Waals surface area (Å²) >= 11 is 0. The number of hydrogen-bond acceptors (Lipinski definition) is 6. The quantitative estimate of drug-likeness (QED) is 0.242. The molecule has 0 aromatic rings. The zero-order valence-electron chi connectivity index (χ0n) is 17.7. The van der Waals surface area contributed by atoms with Crippen molar-refractivity contribution in [3.63, 3.8) is 0 Å². The summed E-state index contributed by atoms with van der Waals surface area (Å²) in [4.78, 5) is 13.5. The van der Waals surface area contributed by atoms with E-state index in [4.69, 9.17) is 14.4 Å². The van der Waals surface area contributed by atoms with Crippen LogP contribution in [0.1, 0.15) is 78.1 Å². The lowest BCUT2D eigenvalue weighted by Crippen LogP contribution is -2.34. The van der Waals surface area contributed by atoms with Gasteiger partial charge in [0.25, 0.3) is 10.1 Å². The molecule has 0 aliphatic carbocycles. The van der Waals surface area contributed by atoms with Gasteiger partial charge in [0, 0.05) is 0 Å². The van der Waals surface area contributed by atoms with Gasteiger partial charge in [-0.2, -0.15) is 8.42 Å². The van der Waals surface area contributed by atoms with Gasteiger partial charge in [-0.15, -0.1) is 0 Å². The average molecular weight is 412 g/mol. The van der Waals surface area contributed by atoms with Crippen LogP contribution < -0.4 is 0 Å². The maximum absolute atomic E-state index is 11.6. The molecule has 0 aromatic heterocycles. The van der Waals surface area contributed by atoms with Crippen molar-refractivity contribution in [3.8, 4) is 0 Å². The van der Waals surface area contributed by atoms with Crippen molar-refractivity contribution < 1.29 is 27.6 Å². The lowest BCUT2D eigenvalue weighted by Gasteiger charge is -2.17. The van der Waals surface area contributed by atoms with Crippen LogP contribution in [0.15, 0.2) is 0 Å². The van der Waals surface area contributed by atoms with E-state index in [1.54, 1.807) is 0 Å². The monoisotopic (exact) mass is 411 g/mol. The maximum Gasteiger partial charge on any atom is 0.323 e. The van der Waals surface area contributed by atoms with Gasteiger partial charge in [-0.3, -0.25) is 14.2 Å². The smallest absolute Gasteiger partial charge is 0.323 e. The molecule has 0 heterocycles. The maximum atomic E-state index is 11.6.